The number of nitrogens with zero attached hydrogens (tertiary/aromatic N) is 4. The minimum atomic E-state index is -4.44. The van der Waals surface area contributed by atoms with Gasteiger partial charge in [0.25, 0.3) is 0 Å². The monoisotopic (exact) mass is 419 g/mol. The number of amides is 1. The van der Waals surface area contributed by atoms with E-state index in [1.165, 1.54) is 6.20 Å². The molecule has 1 aromatic carbocycles. The molecule has 4 rings (SSSR count). The van der Waals surface area contributed by atoms with Crippen molar-refractivity contribution >= 4 is 16.9 Å². The molecule has 1 fully saturated rings. The largest absolute Gasteiger partial charge is 0.467 e. The van der Waals surface area contributed by atoms with Gasteiger partial charge in [-0.05, 0) is 25.5 Å². The highest BCUT2D eigenvalue weighted by Crippen LogP contribution is 2.47. The van der Waals surface area contributed by atoms with Crippen LogP contribution in [0.15, 0.2) is 36.7 Å². The number of imidazole rings is 1. The Labute approximate surface area is 170 Å². The van der Waals surface area contributed by atoms with E-state index < -0.39 is 18.8 Å². The summed E-state index contributed by atoms with van der Waals surface area (Å²) in [7, 11) is 1.94. The van der Waals surface area contributed by atoms with Crippen LogP contribution < -0.4 is 10.1 Å². The third kappa shape index (κ3) is 4.22. The lowest BCUT2D eigenvalue weighted by molar-refractivity contribution is -0.154. The molecule has 30 heavy (non-hydrogen) atoms. The van der Waals surface area contributed by atoms with Gasteiger partial charge in [-0.3, -0.25) is 9.78 Å². The van der Waals surface area contributed by atoms with E-state index in [0.29, 0.717) is 12.1 Å². The molecule has 158 valence electrons. The van der Waals surface area contributed by atoms with Gasteiger partial charge in [-0.2, -0.15) is 13.2 Å². The molecule has 2 heterocycles. The first-order chi connectivity index (χ1) is 14.2. The quantitative estimate of drug-likeness (QED) is 0.663. The number of ether oxygens (including phenoxy) is 1. The van der Waals surface area contributed by atoms with Crippen LogP contribution in [-0.4, -0.2) is 38.2 Å². The second kappa shape index (κ2) is 7.58. The molecule has 2 aromatic heterocycles. The summed E-state index contributed by atoms with van der Waals surface area (Å²) in [4.78, 5) is 25.2. The predicted octanol–water partition coefficient (Wildman–Crippen LogP) is 3.29. The molecule has 1 aliphatic carbocycles. The maximum absolute atomic E-state index is 12.6. The molecule has 0 bridgehead atoms. The number of aryl methyl sites for hydroxylation is 1. The van der Waals surface area contributed by atoms with Crippen LogP contribution in [0, 0.1) is 5.92 Å². The van der Waals surface area contributed by atoms with Crippen LogP contribution in [-0.2, 0) is 11.8 Å². The smallest absolute Gasteiger partial charge is 0.422 e. The zero-order valence-corrected chi connectivity index (χ0v) is 16.3. The van der Waals surface area contributed by atoms with Gasteiger partial charge in [0.05, 0.1) is 35.2 Å². The number of carbonyl (C=O) groups excluding carboxylic acids is 1. The van der Waals surface area contributed by atoms with Gasteiger partial charge in [0.1, 0.15) is 5.82 Å². The summed E-state index contributed by atoms with van der Waals surface area (Å²) in [5.41, 5.74) is 2.36. The first kappa shape index (κ1) is 20.1. The standard InChI is InChI=1S/C20H20F3N5O2/c1-11(15-8-25-17(9-24-15)30-10-20(21,22)23)26-19(29)13-7-12(13)18-27-14-5-3-4-6-16(14)28(18)2/h3-6,8-9,11-13H,7,10H2,1-2H3,(H,26,29)/t11-,12?,13?/m1/s1. The van der Waals surface area contributed by atoms with Crippen molar-refractivity contribution in [1.29, 1.82) is 0 Å². The maximum atomic E-state index is 12.6. The Balaban J connectivity index is 1.35. The van der Waals surface area contributed by atoms with Gasteiger partial charge >= 0.3 is 6.18 Å². The molecule has 1 saturated carbocycles. The lowest BCUT2D eigenvalue weighted by atomic mass is 10.2. The summed E-state index contributed by atoms with van der Waals surface area (Å²) >= 11 is 0. The number of carbonyl (C=O) groups is 1. The molecule has 3 aromatic rings. The minimum Gasteiger partial charge on any atom is -0.467 e. The fourth-order valence-corrected chi connectivity index (χ4v) is 3.44. The molecule has 0 saturated heterocycles. The normalized spacial score (nSPS) is 19.5. The SMILES string of the molecule is C[C@@H](NC(=O)C1CC1c1nc2ccccc2n1C)c1cnc(OCC(F)(F)F)cn1. The van der Waals surface area contributed by atoms with Gasteiger partial charge in [0.2, 0.25) is 11.8 Å². The zero-order valence-electron chi connectivity index (χ0n) is 16.3. The second-order valence-electron chi connectivity index (χ2n) is 7.38. The number of halogens is 3. The summed E-state index contributed by atoms with van der Waals surface area (Å²) in [5, 5.41) is 2.89. The number of rotatable bonds is 6. The Kier molecular flexibility index (Phi) is 5.08. The number of alkyl halides is 3. The number of hydrogen-bond acceptors (Lipinski definition) is 5. The number of hydrogen-bond donors (Lipinski definition) is 1. The average Bonchev–Trinajstić information content (AvgIpc) is 3.44. The van der Waals surface area contributed by atoms with Gasteiger partial charge in [0, 0.05) is 18.9 Å². The van der Waals surface area contributed by atoms with Gasteiger partial charge < -0.3 is 14.6 Å². The Morgan fingerprint density at radius 3 is 2.73 bits per heavy atom. The maximum Gasteiger partial charge on any atom is 0.422 e. The summed E-state index contributed by atoms with van der Waals surface area (Å²) in [6, 6.07) is 7.37. The molecule has 2 unspecified atom stereocenters. The van der Waals surface area contributed by atoms with E-state index in [9.17, 15) is 18.0 Å². The number of fused-ring (bicyclic) bond motifs is 1. The number of para-hydroxylation sites is 2. The van der Waals surface area contributed by atoms with Crippen LogP contribution >= 0.6 is 0 Å². The van der Waals surface area contributed by atoms with Crippen molar-refractivity contribution in [3.63, 3.8) is 0 Å². The molecule has 10 heteroatoms. The van der Waals surface area contributed by atoms with E-state index in [2.05, 4.69) is 25.0 Å². The fourth-order valence-electron chi connectivity index (χ4n) is 3.44. The molecule has 7 nitrogen and oxygen atoms in total. The zero-order chi connectivity index (χ0) is 21.5. The Morgan fingerprint density at radius 2 is 2.07 bits per heavy atom. The molecule has 0 spiro atoms. The van der Waals surface area contributed by atoms with Crippen LogP contribution in [0.25, 0.3) is 11.0 Å². The Bertz CT molecular complexity index is 1060. The summed E-state index contributed by atoms with van der Waals surface area (Å²) in [5.74, 6) is 0.427. The van der Waals surface area contributed by atoms with E-state index in [4.69, 9.17) is 0 Å². The first-order valence-corrected chi connectivity index (χ1v) is 9.46. The summed E-state index contributed by atoms with van der Waals surface area (Å²) in [6.45, 7) is 0.309. The van der Waals surface area contributed by atoms with Crippen molar-refractivity contribution in [3.05, 3.63) is 48.2 Å². The lowest BCUT2D eigenvalue weighted by Crippen LogP contribution is -2.29. The van der Waals surface area contributed by atoms with Gasteiger partial charge in [-0.15, -0.1) is 0 Å². The van der Waals surface area contributed by atoms with Crippen LogP contribution in [0.1, 0.15) is 36.8 Å². The topological polar surface area (TPSA) is 81.9 Å². The molecule has 1 aliphatic rings. The van der Waals surface area contributed by atoms with E-state index in [-0.39, 0.29) is 23.6 Å². The average molecular weight is 419 g/mol. The molecule has 0 aliphatic heterocycles. The van der Waals surface area contributed by atoms with Crippen molar-refractivity contribution in [2.24, 2.45) is 13.0 Å². The van der Waals surface area contributed by atoms with Crippen molar-refractivity contribution in [1.82, 2.24) is 24.8 Å². The molecule has 0 radical (unpaired) electrons. The van der Waals surface area contributed by atoms with Crippen LogP contribution in [0.2, 0.25) is 0 Å². The van der Waals surface area contributed by atoms with Crippen LogP contribution in [0.5, 0.6) is 5.88 Å². The van der Waals surface area contributed by atoms with E-state index in [1.807, 2.05) is 35.9 Å². The fraction of sp³-hybridized carbons (Fsp3) is 0.400. The second-order valence-corrected chi connectivity index (χ2v) is 7.38. The lowest BCUT2D eigenvalue weighted by Gasteiger charge is -2.14. The summed E-state index contributed by atoms with van der Waals surface area (Å²) < 4.78 is 43.1. The van der Waals surface area contributed by atoms with Gasteiger partial charge in [0.15, 0.2) is 6.61 Å². The number of aromatic nitrogens is 4. The molecule has 1 N–H and O–H groups in total. The van der Waals surface area contributed by atoms with Crippen molar-refractivity contribution in [2.45, 2.75) is 31.5 Å². The van der Waals surface area contributed by atoms with Gasteiger partial charge in [-0.25, -0.2) is 9.97 Å². The highest BCUT2D eigenvalue weighted by atomic mass is 19.4. The third-order valence-corrected chi connectivity index (χ3v) is 5.11. The Morgan fingerprint density at radius 1 is 1.30 bits per heavy atom. The first-order valence-electron chi connectivity index (χ1n) is 9.46. The van der Waals surface area contributed by atoms with E-state index in [0.717, 1.165) is 23.1 Å². The number of benzene rings is 1. The molecule has 1 amide bonds. The molecular formula is C20H20F3N5O2. The number of nitrogens with one attached hydrogen (secondary N) is 1. The molecule has 3 atom stereocenters. The van der Waals surface area contributed by atoms with Crippen molar-refractivity contribution in [3.8, 4) is 5.88 Å². The third-order valence-electron chi connectivity index (χ3n) is 5.11. The van der Waals surface area contributed by atoms with E-state index in [1.54, 1.807) is 6.92 Å². The van der Waals surface area contributed by atoms with Gasteiger partial charge in [-0.1, -0.05) is 12.1 Å². The minimum absolute atomic E-state index is 0.0545. The predicted molar refractivity (Wildman–Crippen MR) is 102 cm³/mol. The molecular weight excluding hydrogens is 399 g/mol. The Hall–Kier alpha value is -3.17. The van der Waals surface area contributed by atoms with Crippen LogP contribution in [0.3, 0.4) is 0 Å². The van der Waals surface area contributed by atoms with Crippen molar-refractivity contribution in [2.75, 3.05) is 6.61 Å². The van der Waals surface area contributed by atoms with Crippen molar-refractivity contribution < 1.29 is 22.7 Å². The van der Waals surface area contributed by atoms with Crippen LogP contribution in [0.4, 0.5) is 13.2 Å². The summed E-state index contributed by atoms with van der Waals surface area (Å²) in [6.07, 6.45) is -1.32. The highest BCUT2D eigenvalue weighted by molar-refractivity contribution is 5.83. The van der Waals surface area contributed by atoms with E-state index >= 15 is 0 Å². The highest BCUT2D eigenvalue weighted by Gasteiger charge is 2.47.